The standard InChI is InChI=1S/C20H32O7/c1-10-11-5-6-12-16(23)20(11,9-19(12,4)25)8-13(21)17(24)18(2,3)15(22)7-14(10)27-26/h11-16,21-23,25-26H,1,5-9H2,2-4H3/t11-,12+,13+,14-,15-,16+,19+,20-/m0/s1. The van der Waals surface area contributed by atoms with Crippen LogP contribution < -0.4 is 0 Å². The molecule has 5 N–H and O–H groups in total. The smallest absolute Gasteiger partial charge is 0.169 e. The summed E-state index contributed by atoms with van der Waals surface area (Å²) < 4.78 is 0. The monoisotopic (exact) mass is 384 g/mol. The van der Waals surface area contributed by atoms with Gasteiger partial charge in [-0.1, -0.05) is 20.4 Å². The topological polar surface area (TPSA) is 127 Å². The first-order valence-corrected chi connectivity index (χ1v) is 9.68. The second-order valence-electron chi connectivity index (χ2n) is 9.67. The molecule has 0 radical (unpaired) electrons. The fourth-order valence-electron chi connectivity index (χ4n) is 5.99. The van der Waals surface area contributed by atoms with Gasteiger partial charge < -0.3 is 20.4 Å². The maximum absolute atomic E-state index is 12.9. The SMILES string of the molecule is C=C1[C@@H](OO)C[C@H](O)C(C)(C)C(=O)[C@H](O)C[C@]23C[C@@](C)(O)[C@H](CC[C@@H]12)[C@H]3O. The quantitative estimate of drug-likeness (QED) is 0.260. The van der Waals surface area contributed by atoms with Gasteiger partial charge in [-0.2, -0.15) is 0 Å². The van der Waals surface area contributed by atoms with Crippen molar-refractivity contribution < 1.29 is 35.4 Å². The molecule has 0 saturated heterocycles. The van der Waals surface area contributed by atoms with Gasteiger partial charge in [0.15, 0.2) is 5.78 Å². The van der Waals surface area contributed by atoms with Crippen LogP contribution in [0.4, 0.5) is 0 Å². The van der Waals surface area contributed by atoms with Crippen LogP contribution in [0, 0.1) is 22.7 Å². The zero-order valence-electron chi connectivity index (χ0n) is 16.3. The lowest BCUT2D eigenvalue weighted by Crippen LogP contribution is -2.53. The fraction of sp³-hybridized carbons (Fsp3) is 0.850. The van der Waals surface area contributed by atoms with Crippen LogP contribution in [-0.2, 0) is 9.68 Å². The molecule has 0 heterocycles. The highest BCUT2D eigenvalue weighted by atomic mass is 17.1. The fourth-order valence-corrected chi connectivity index (χ4v) is 5.99. The lowest BCUT2D eigenvalue weighted by Gasteiger charge is -2.49. The molecule has 27 heavy (non-hydrogen) atoms. The van der Waals surface area contributed by atoms with Crippen LogP contribution in [0.3, 0.4) is 0 Å². The van der Waals surface area contributed by atoms with E-state index in [1.807, 2.05) is 0 Å². The molecule has 3 rings (SSSR count). The van der Waals surface area contributed by atoms with Gasteiger partial charge in [-0.05, 0) is 44.1 Å². The molecule has 0 unspecified atom stereocenters. The normalized spacial score (nSPS) is 50.4. The minimum atomic E-state index is -1.38. The number of rotatable bonds is 1. The van der Waals surface area contributed by atoms with Gasteiger partial charge >= 0.3 is 0 Å². The predicted octanol–water partition coefficient (Wildman–Crippen LogP) is 1.04. The van der Waals surface area contributed by atoms with Crippen molar-refractivity contribution in [3.8, 4) is 0 Å². The largest absolute Gasteiger partial charge is 0.392 e. The number of carbonyl (C=O) groups excluding carboxylic acids is 1. The van der Waals surface area contributed by atoms with Crippen LogP contribution in [-0.4, -0.2) is 61.5 Å². The maximum Gasteiger partial charge on any atom is 0.169 e. The van der Waals surface area contributed by atoms with Crippen molar-refractivity contribution in [2.45, 2.75) is 82.9 Å². The molecule has 3 aliphatic carbocycles. The Balaban J connectivity index is 2.10. The molecule has 154 valence electrons. The van der Waals surface area contributed by atoms with Crippen molar-refractivity contribution in [2.24, 2.45) is 22.7 Å². The molecule has 0 aliphatic heterocycles. The van der Waals surface area contributed by atoms with Crippen LogP contribution in [0.5, 0.6) is 0 Å². The van der Waals surface area contributed by atoms with E-state index in [9.17, 15) is 30.5 Å². The molecule has 2 bridgehead atoms. The minimum Gasteiger partial charge on any atom is -0.392 e. The number of carbonyl (C=O) groups is 1. The molecule has 0 aromatic carbocycles. The lowest BCUT2D eigenvalue weighted by molar-refractivity contribution is -0.278. The third kappa shape index (κ3) is 2.99. The molecule has 3 saturated carbocycles. The van der Waals surface area contributed by atoms with Crippen molar-refractivity contribution in [1.82, 2.24) is 0 Å². The number of fused-ring (bicyclic) bond motifs is 1. The molecule has 0 aromatic heterocycles. The molecule has 8 atom stereocenters. The first kappa shape index (κ1) is 20.9. The third-order valence-corrected chi connectivity index (χ3v) is 7.69. The average molecular weight is 384 g/mol. The molecule has 7 heteroatoms. The predicted molar refractivity (Wildman–Crippen MR) is 96.6 cm³/mol. The number of hydrogen-bond donors (Lipinski definition) is 5. The van der Waals surface area contributed by atoms with Gasteiger partial charge in [-0.25, -0.2) is 4.89 Å². The summed E-state index contributed by atoms with van der Waals surface area (Å²) in [6.07, 6.45) is -3.03. The molecule has 3 aliphatic rings. The van der Waals surface area contributed by atoms with Crippen LogP contribution in [0.25, 0.3) is 0 Å². The molecular formula is C20H32O7. The highest BCUT2D eigenvalue weighted by Gasteiger charge is 2.65. The third-order valence-electron chi connectivity index (χ3n) is 7.69. The van der Waals surface area contributed by atoms with Gasteiger partial charge in [0.2, 0.25) is 0 Å². The summed E-state index contributed by atoms with van der Waals surface area (Å²) >= 11 is 0. The first-order chi connectivity index (χ1) is 12.4. The van der Waals surface area contributed by atoms with Crippen molar-refractivity contribution in [3.63, 3.8) is 0 Å². The Morgan fingerprint density at radius 1 is 1.15 bits per heavy atom. The lowest BCUT2D eigenvalue weighted by atomic mass is 9.58. The van der Waals surface area contributed by atoms with Gasteiger partial charge in [0, 0.05) is 17.8 Å². The number of Topliss-reactive ketones (excluding diaryl/α,β-unsaturated/α-hetero) is 1. The van der Waals surface area contributed by atoms with E-state index >= 15 is 0 Å². The van der Waals surface area contributed by atoms with Crippen LogP contribution in [0.15, 0.2) is 12.2 Å². The van der Waals surface area contributed by atoms with E-state index in [-0.39, 0.29) is 31.1 Å². The van der Waals surface area contributed by atoms with E-state index in [4.69, 9.17) is 0 Å². The summed E-state index contributed by atoms with van der Waals surface area (Å²) in [6.45, 7) is 8.86. The Labute approximate surface area is 159 Å². The van der Waals surface area contributed by atoms with Crippen molar-refractivity contribution in [1.29, 1.82) is 0 Å². The van der Waals surface area contributed by atoms with Crippen LogP contribution in [0.2, 0.25) is 0 Å². The zero-order chi connectivity index (χ0) is 20.4. The number of aliphatic hydroxyl groups excluding tert-OH is 3. The van der Waals surface area contributed by atoms with E-state index in [2.05, 4.69) is 11.5 Å². The van der Waals surface area contributed by atoms with Gasteiger partial charge in [0.05, 0.1) is 23.2 Å². The first-order valence-electron chi connectivity index (χ1n) is 9.68. The highest BCUT2D eigenvalue weighted by molar-refractivity contribution is 5.88. The Hall–Kier alpha value is -0.830. The second-order valence-corrected chi connectivity index (χ2v) is 9.67. The maximum atomic E-state index is 12.9. The number of hydrogen-bond acceptors (Lipinski definition) is 7. The van der Waals surface area contributed by atoms with E-state index in [1.54, 1.807) is 20.8 Å². The second kappa shape index (κ2) is 6.61. The molecule has 7 nitrogen and oxygen atoms in total. The Morgan fingerprint density at radius 3 is 2.37 bits per heavy atom. The van der Waals surface area contributed by atoms with Gasteiger partial charge in [-0.15, -0.1) is 0 Å². The Kier molecular flexibility index (Phi) is 5.11. The zero-order valence-corrected chi connectivity index (χ0v) is 16.3. The van der Waals surface area contributed by atoms with Crippen molar-refractivity contribution in [3.05, 3.63) is 12.2 Å². The average Bonchev–Trinajstić information content (AvgIpc) is 2.69. The summed E-state index contributed by atoms with van der Waals surface area (Å²) in [5.74, 6) is -1.22. The Bertz CT molecular complexity index is 628. The molecular weight excluding hydrogens is 352 g/mol. The summed E-state index contributed by atoms with van der Waals surface area (Å²) in [5, 5.41) is 52.7. The molecule has 0 amide bonds. The summed E-state index contributed by atoms with van der Waals surface area (Å²) in [4.78, 5) is 17.5. The van der Waals surface area contributed by atoms with Crippen LogP contribution in [0.1, 0.15) is 52.9 Å². The van der Waals surface area contributed by atoms with Gasteiger partial charge in [-0.3, -0.25) is 10.1 Å². The van der Waals surface area contributed by atoms with Crippen molar-refractivity contribution in [2.75, 3.05) is 0 Å². The van der Waals surface area contributed by atoms with Gasteiger partial charge in [0.1, 0.15) is 12.2 Å². The molecule has 1 spiro atoms. The number of aliphatic hydroxyl groups is 4. The minimum absolute atomic E-state index is 0.0301. The summed E-state index contributed by atoms with van der Waals surface area (Å²) in [5.41, 5.74) is -2.80. The number of ketones is 1. The summed E-state index contributed by atoms with van der Waals surface area (Å²) in [6, 6.07) is 0. The Morgan fingerprint density at radius 2 is 1.78 bits per heavy atom. The van der Waals surface area contributed by atoms with E-state index in [0.29, 0.717) is 18.4 Å². The summed E-state index contributed by atoms with van der Waals surface area (Å²) in [7, 11) is 0. The van der Waals surface area contributed by atoms with Gasteiger partial charge in [0.25, 0.3) is 0 Å². The molecule has 3 fully saturated rings. The highest BCUT2D eigenvalue weighted by Crippen LogP contribution is 2.63. The van der Waals surface area contributed by atoms with Crippen LogP contribution >= 0.6 is 0 Å². The van der Waals surface area contributed by atoms with E-state index in [0.717, 1.165) is 0 Å². The van der Waals surface area contributed by atoms with E-state index in [1.165, 1.54) is 0 Å². The van der Waals surface area contributed by atoms with E-state index < -0.39 is 46.6 Å². The molecule has 0 aromatic rings. The van der Waals surface area contributed by atoms with Crippen molar-refractivity contribution >= 4 is 5.78 Å².